The molecule has 1 saturated heterocycles. The van der Waals surface area contributed by atoms with Crippen LogP contribution >= 0.6 is 34.7 Å². The minimum absolute atomic E-state index is 0.0765. The number of amides is 2. The molecule has 0 unspecified atom stereocenters. The Balaban J connectivity index is 1.27. The van der Waals surface area contributed by atoms with Crippen molar-refractivity contribution in [1.29, 1.82) is 0 Å². The van der Waals surface area contributed by atoms with Crippen LogP contribution < -0.4 is 9.70 Å². The molecule has 0 saturated carbocycles. The van der Waals surface area contributed by atoms with Crippen LogP contribution in [0.15, 0.2) is 53.5 Å². The number of nitrogens with zero attached hydrogens (tertiary/aromatic N) is 4. The first-order valence-electron chi connectivity index (χ1n) is 9.99. The van der Waals surface area contributed by atoms with Gasteiger partial charge in [-0.3, -0.25) is 9.59 Å². The second-order valence-corrected chi connectivity index (χ2v) is 9.69. The molecular formula is C22H23ClN4O2S2. The van der Waals surface area contributed by atoms with Crippen LogP contribution in [0.2, 0.25) is 5.02 Å². The average molecular weight is 475 g/mol. The number of rotatable bonds is 5. The number of hydrogen-bond donors (Lipinski definition) is 0. The molecule has 0 atom stereocenters. The van der Waals surface area contributed by atoms with Gasteiger partial charge in [-0.15, -0.1) is 11.8 Å². The summed E-state index contributed by atoms with van der Waals surface area (Å²) in [6.45, 7) is 3.04. The third kappa shape index (κ3) is 5.31. The van der Waals surface area contributed by atoms with Gasteiger partial charge in [-0.05, 0) is 30.3 Å². The van der Waals surface area contributed by atoms with Gasteiger partial charge in [-0.1, -0.05) is 41.1 Å². The van der Waals surface area contributed by atoms with Crippen LogP contribution in [0.4, 0.5) is 5.69 Å². The van der Waals surface area contributed by atoms with Crippen LogP contribution in [0.3, 0.4) is 0 Å². The fourth-order valence-corrected chi connectivity index (χ4v) is 5.53. The molecule has 162 valence electrons. The maximum absolute atomic E-state index is 12.5. The third-order valence-electron chi connectivity index (χ3n) is 5.20. The molecule has 9 heteroatoms. The molecule has 4 rings (SSSR count). The van der Waals surface area contributed by atoms with Crippen LogP contribution in [-0.2, 0) is 16.6 Å². The number of fused-ring (bicyclic) bond motifs is 1. The maximum atomic E-state index is 12.5. The lowest BCUT2D eigenvalue weighted by Crippen LogP contribution is -2.49. The Kier molecular flexibility index (Phi) is 6.99. The van der Waals surface area contributed by atoms with Crippen molar-refractivity contribution in [3.8, 4) is 0 Å². The summed E-state index contributed by atoms with van der Waals surface area (Å²) in [5.41, 5.74) is 2.17. The van der Waals surface area contributed by atoms with Gasteiger partial charge in [0.25, 0.3) is 5.91 Å². The van der Waals surface area contributed by atoms with Gasteiger partial charge in [0.2, 0.25) is 5.91 Å². The third-order valence-corrected chi connectivity index (χ3v) is 7.43. The highest BCUT2D eigenvalue weighted by molar-refractivity contribution is 8.00. The average Bonchev–Trinajstić information content (AvgIpc) is 3.08. The topological polar surface area (TPSA) is 57.9 Å². The molecular weight excluding hydrogens is 452 g/mol. The smallest absolute Gasteiger partial charge is 0.258 e. The number of para-hydroxylation sites is 1. The van der Waals surface area contributed by atoms with E-state index in [9.17, 15) is 9.59 Å². The lowest BCUT2D eigenvalue weighted by molar-refractivity contribution is -0.128. The zero-order chi connectivity index (χ0) is 21.8. The van der Waals surface area contributed by atoms with Gasteiger partial charge in [0.1, 0.15) is 0 Å². The molecule has 1 aliphatic rings. The Morgan fingerprint density at radius 1 is 1.06 bits per heavy atom. The van der Waals surface area contributed by atoms with E-state index in [2.05, 4.69) is 22.0 Å². The van der Waals surface area contributed by atoms with Gasteiger partial charge in [0, 0.05) is 43.9 Å². The summed E-state index contributed by atoms with van der Waals surface area (Å²) < 4.78 is 2.87. The predicted octanol–water partition coefficient (Wildman–Crippen LogP) is 3.40. The number of benzene rings is 2. The molecule has 31 heavy (non-hydrogen) atoms. The molecule has 2 aromatic carbocycles. The summed E-state index contributed by atoms with van der Waals surface area (Å²) in [7, 11) is 1.88. The van der Waals surface area contributed by atoms with Crippen molar-refractivity contribution in [3.63, 3.8) is 0 Å². The van der Waals surface area contributed by atoms with Gasteiger partial charge in [-0.25, -0.2) is 0 Å². The normalized spacial score (nSPS) is 15.0. The molecule has 0 N–H and O–H groups in total. The molecule has 1 fully saturated rings. The fraction of sp³-hybridized carbons (Fsp3) is 0.318. The van der Waals surface area contributed by atoms with Gasteiger partial charge in [0.05, 0.1) is 21.7 Å². The number of aryl methyl sites for hydroxylation is 1. The molecule has 2 amide bonds. The summed E-state index contributed by atoms with van der Waals surface area (Å²) in [5.74, 6) is 0.318. The molecule has 0 radical (unpaired) electrons. The number of thiazole rings is 1. The summed E-state index contributed by atoms with van der Waals surface area (Å²) in [5, 5.41) is 0.658. The van der Waals surface area contributed by atoms with E-state index in [1.54, 1.807) is 0 Å². The van der Waals surface area contributed by atoms with Crippen molar-refractivity contribution in [1.82, 2.24) is 9.47 Å². The van der Waals surface area contributed by atoms with Crippen LogP contribution in [0, 0.1) is 0 Å². The SMILES string of the molecule is Cn1c(=NC(=O)CSCC(=O)N2CCN(c3ccccc3)CC2)sc2cc(Cl)ccc21. The summed E-state index contributed by atoms with van der Waals surface area (Å²) in [4.78, 5) is 33.9. The van der Waals surface area contributed by atoms with Crippen LogP contribution in [-0.4, -0.2) is 59.0 Å². The zero-order valence-corrected chi connectivity index (χ0v) is 19.6. The molecule has 6 nitrogen and oxygen atoms in total. The van der Waals surface area contributed by atoms with E-state index in [4.69, 9.17) is 11.6 Å². The van der Waals surface area contributed by atoms with Gasteiger partial charge in [-0.2, -0.15) is 4.99 Å². The second-order valence-electron chi connectivity index (χ2n) is 7.26. The highest BCUT2D eigenvalue weighted by Gasteiger charge is 2.21. The van der Waals surface area contributed by atoms with E-state index in [0.29, 0.717) is 28.7 Å². The molecule has 1 aliphatic heterocycles. The Labute approximate surface area is 194 Å². The van der Waals surface area contributed by atoms with Gasteiger partial charge < -0.3 is 14.4 Å². The Bertz CT molecular complexity index is 1150. The van der Waals surface area contributed by atoms with Crippen LogP contribution in [0.1, 0.15) is 0 Å². The van der Waals surface area contributed by atoms with Crippen LogP contribution in [0.25, 0.3) is 10.2 Å². The van der Waals surface area contributed by atoms with Crippen molar-refractivity contribution in [2.75, 3.05) is 42.6 Å². The molecule has 3 aromatic rings. The highest BCUT2D eigenvalue weighted by Crippen LogP contribution is 2.21. The first-order chi connectivity index (χ1) is 15.0. The number of piperazine rings is 1. The lowest BCUT2D eigenvalue weighted by atomic mass is 10.2. The Morgan fingerprint density at radius 2 is 1.81 bits per heavy atom. The summed E-state index contributed by atoms with van der Waals surface area (Å²) in [6.07, 6.45) is 0. The minimum Gasteiger partial charge on any atom is -0.368 e. The first kappa shape index (κ1) is 21.9. The Morgan fingerprint density at radius 3 is 2.55 bits per heavy atom. The maximum Gasteiger partial charge on any atom is 0.258 e. The minimum atomic E-state index is -0.236. The van der Waals surface area contributed by atoms with Crippen molar-refractivity contribution in [3.05, 3.63) is 58.4 Å². The largest absolute Gasteiger partial charge is 0.368 e. The van der Waals surface area contributed by atoms with E-state index < -0.39 is 0 Å². The zero-order valence-electron chi connectivity index (χ0n) is 17.2. The number of anilines is 1. The van der Waals surface area contributed by atoms with Crippen molar-refractivity contribution in [2.45, 2.75) is 0 Å². The van der Waals surface area contributed by atoms with E-state index >= 15 is 0 Å². The quantitative estimate of drug-likeness (QED) is 0.568. The molecule has 1 aromatic heterocycles. The second kappa shape index (κ2) is 9.89. The highest BCUT2D eigenvalue weighted by atomic mass is 35.5. The summed E-state index contributed by atoms with van der Waals surface area (Å²) >= 11 is 8.80. The number of thioether (sulfide) groups is 1. The van der Waals surface area contributed by atoms with E-state index in [1.165, 1.54) is 28.8 Å². The summed E-state index contributed by atoms with van der Waals surface area (Å²) in [6, 6.07) is 15.9. The number of hydrogen-bond acceptors (Lipinski definition) is 5. The van der Waals surface area contributed by atoms with Crippen molar-refractivity contribution < 1.29 is 9.59 Å². The van der Waals surface area contributed by atoms with Crippen molar-refractivity contribution >= 4 is 62.4 Å². The Hall–Kier alpha value is -2.29. The van der Waals surface area contributed by atoms with E-state index in [-0.39, 0.29) is 17.6 Å². The monoisotopic (exact) mass is 474 g/mol. The molecule has 2 heterocycles. The number of halogens is 1. The first-order valence-corrected chi connectivity index (χ1v) is 12.3. The predicted molar refractivity (Wildman–Crippen MR) is 129 cm³/mol. The van der Waals surface area contributed by atoms with Crippen molar-refractivity contribution in [2.24, 2.45) is 12.0 Å². The standard InChI is InChI=1S/C22H23ClN4O2S2/c1-25-18-8-7-16(23)13-19(18)31-22(25)24-20(28)14-30-15-21(29)27-11-9-26(10-12-27)17-5-3-2-4-6-17/h2-8,13H,9-12,14-15H2,1H3. The molecule has 0 bridgehead atoms. The van der Waals surface area contributed by atoms with Crippen LogP contribution in [0.5, 0.6) is 0 Å². The van der Waals surface area contributed by atoms with Gasteiger partial charge in [0.15, 0.2) is 4.80 Å². The van der Waals surface area contributed by atoms with E-state index in [1.807, 2.05) is 52.9 Å². The number of carbonyl (C=O) groups excluding carboxylic acids is 2. The lowest BCUT2D eigenvalue weighted by Gasteiger charge is -2.36. The number of aromatic nitrogens is 1. The molecule has 0 spiro atoms. The number of carbonyl (C=O) groups is 2. The molecule has 0 aliphatic carbocycles. The fourth-order valence-electron chi connectivity index (χ4n) is 3.52. The van der Waals surface area contributed by atoms with Gasteiger partial charge >= 0.3 is 0 Å². The van der Waals surface area contributed by atoms with E-state index in [0.717, 1.165) is 23.3 Å².